The summed E-state index contributed by atoms with van der Waals surface area (Å²) in [5, 5.41) is 2.72. The molecule has 0 radical (unpaired) electrons. The van der Waals surface area contributed by atoms with Crippen molar-refractivity contribution in [1.82, 2.24) is 5.32 Å². The Morgan fingerprint density at radius 3 is 2.71 bits per heavy atom. The Labute approximate surface area is 145 Å². The molecule has 1 aromatic rings. The number of nitrogens with zero attached hydrogens (tertiary/aromatic N) is 1. The fourth-order valence-electron chi connectivity index (χ4n) is 2.27. The van der Waals surface area contributed by atoms with E-state index in [4.69, 9.17) is 4.74 Å². The summed E-state index contributed by atoms with van der Waals surface area (Å²) >= 11 is 1.49. The molecule has 1 N–H and O–H groups in total. The number of benzene rings is 1. The Balaban J connectivity index is 1.84. The highest BCUT2D eigenvalue weighted by molar-refractivity contribution is 8.00. The molecule has 0 saturated carbocycles. The van der Waals surface area contributed by atoms with Crippen LogP contribution < -0.4 is 10.2 Å². The van der Waals surface area contributed by atoms with Gasteiger partial charge in [-0.3, -0.25) is 14.4 Å². The highest BCUT2D eigenvalue weighted by Crippen LogP contribution is 2.34. The fraction of sp³-hybridized carbons (Fsp3) is 0.471. The SMILES string of the molecule is CC(C)(C)NC(=O)COC(=O)CCN1C(=O)CSc2ccccc21. The average Bonchev–Trinajstić information content (AvgIpc) is 2.50. The summed E-state index contributed by atoms with van der Waals surface area (Å²) in [6.45, 7) is 5.49. The Morgan fingerprint density at radius 2 is 2.00 bits per heavy atom. The van der Waals surface area contributed by atoms with Gasteiger partial charge in [-0.25, -0.2) is 0 Å². The molecule has 1 aliphatic heterocycles. The summed E-state index contributed by atoms with van der Waals surface area (Å²) < 4.78 is 4.97. The van der Waals surface area contributed by atoms with Crippen molar-refractivity contribution < 1.29 is 19.1 Å². The van der Waals surface area contributed by atoms with Crippen LogP contribution in [0, 0.1) is 0 Å². The molecule has 0 spiro atoms. The van der Waals surface area contributed by atoms with Gasteiger partial charge in [-0.15, -0.1) is 11.8 Å². The summed E-state index contributed by atoms with van der Waals surface area (Å²) in [4.78, 5) is 38.2. The summed E-state index contributed by atoms with van der Waals surface area (Å²) in [7, 11) is 0. The van der Waals surface area contributed by atoms with Gasteiger partial charge in [0, 0.05) is 17.0 Å². The smallest absolute Gasteiger partial charge is 0.308 e. The van der Waals surface area contributed by atoms with Crippen molar-refractivity contribution in [2.75, 3.05) is 23.8 Å². The van der Waals surface area contributed by atoms with Crippen molar-refractivity contribution in [3.05, 3.63) is 24.3 Å². The van der Waals surface area contributed by atoms with Gasteiger partial charge in [-0.2, -0.15) is 0 Å². The van der Waals surface area contributed by atoms with Gasteiger partial charge in [0.25, 0.3) is 5.91 Å². The van der Waals surface area contributed by atoms with Crippen LogP contribution in [0.2, 0.25) is 0 Å². The molecule has 1 aromatic carbocycles. The van der Waals surface area contributed by atoms with Gasteiger partial charge >= 0.3 is 5.97 Å². The van der Waals surface area contributed by atoms with E-state index < -0.39 is 5.97 Å². The van der Waals surface area contributed by atoms with Crippen molar-refractivity contribution in [1.29, 1.82) is 0 Å². The minimum Gasteiger partial charge on any atom is -0.456 e. The van der Waals surface area contributed by atoms with Crippen LogP contribution in [0.4, 0.5) is 5.69 Å². The lowest BCUT2D eigenvalue weighted by atomic mass is 10.1. The van der Waals surface area contributed by atoms with Crippen LogP contribution >= 0.6 is 11.8 Å². The number of nitrogens with one attached hydrogen (secondary N) is 1. The molecular weight excluding hydrogens is 328 g/mol. The first-order valence-electron chi connectivity index (χ1n) is 7.75. The Kier molecular flexibility index (Phi) is 5.88. The zero-order chi connectivity index (χ0) is 17.7. The Bertz CT molecular complexity index is 640. The quantitative estimate of drug-likeness (QED) is 0.822. The average molecular weight is 350 g/mol. The second kappa shape index (κ2) is 7.70. The number of para-hydroxylation sites is 1. The topological polar surface area (TPSA) is 75.7 Å². The van der Waals surface area contributed by atoms with Crippen molar-refractivity contribution in [2.45, 2.75) is 37.6 Å². The third kappa shape index (κ3) is 5.26. The van der Waals surface area contributed by atoms with Crippen LogP contribution in [-0.4, -0.2) is 42.2 Å². The van der Waals surface area contributed by atoms with Gasteiger partial charge < -0.3 is 15.0 Å². The summed E-state index contributed by atoms with van der Waals surface area (Å²) in [5.74, 6) is -0.508. The Morgan fingerprint density at radius 1 is 1.29 bits per heavy atom. The minimum absolute atomic E-state index is 0.0306. The molecule has 6 nitrogen and oxygen atoms in total. The van der Waals surface area contributed by atoms with Crippen molar-refractivity contribution >= 4 is 35.2 Å². The number of fused-ring (bicyclic) bond motifs is 1. The van der Waals surface area contributed by atoms with E-state index in [2.05, 4.69) is 5.32 Å². The van der Waals surface area contributed by atoms with E-state index >= 15 is 0 Å². The summed E-state index contributed by atoms with van der Waals surface area (Å²) in [6, 6.07) is 7.60. The van der Waals surface area contributed by atoms with Gasteiger partial charge in [-0.1, -0.05) is 12.1 Å². The molecule has 0 fully saturated rings. The third-order valence-corrected chi connectivity index (χ3v) is 4.27. The van der Waals surface area contributed by atoms with Crippen molar-refractivity contribution in [2.24, 2.45) is 0 Å². The molecule has 0 aromatic heterocycles. The van der Waals surface area contributed by atoms with Crippen LogP contribution in [0.25, 0.3) is 0 Å². The predicted molar refractivity (Wildman–Crippen MR) is 93.0 cm³/mol. The first kappa shape index (κ1) is 18.3. The first-order chi connectivity index (χ1) is 11.3. The lowest BCUT2D eigenvalue weighted by molar-refractivity contribution is -0.148. The minimum atomic E-state index is -0.498. The van der Waals surface area contributed by atoms with Crippen molar-refractivity contribution in [3.8, 4) is 0 Å². The van der Waals surface area contributed by atoms with Gasteiger partial charge in [0.1, 0.15) is 0 Å². The molecule has 130 valence electrons. The standard InChI is InChI=1S/C17H22N2O4S/c1-17(2,3)18-14(20)10-23-16(22)8-9-19-12-6-4-5-7-13(12)24-11-15(19)21/h4-7H,8-11H2,1-3H3,(H,18,20). The lowest BCUT2D eigenvalue weighted by Crippen LogP contribution is -2.43. The number of thioether (sulfide) groups is 1. The normalized spacial score (nSPS) is 14.1. The van der Waals surface area contributed by atoms with Gasteiger partial charge in [-0.05, 0) is 32.9 Å². The van der Waals surface area contributed by atoms with Gasteiger partial charge in [0.2, 0.25) is 5.91 Å². The number of ether oxygens (including phenoxy) is 1. The monoisotopic (exact) mass is 350 g/mol. The molecule has 24 heavy (non-hydrogen) atoms. The summed E-state index contributed by atoms with van der Waals surface area (Å²) in [5.41, 5.74) is 0.447. The lowest BCUT2D eigenvalue weighted by Gasteiger charge is -2.28. The van der Waals surface area contributed by atoms with Crippen LogP contribution in [0.3, 0.4) is 0 Å². The molecular formula is C17H22N2O4S. The van der Waals surface area contributed by atoms with E-state index in [-0.39, 0.29) is 36.9 Å². The van der Waals surface area contributed by atoms with Crippen LogP contribution in [0.5, 0.6) is 0 Å². The summed E-state index contributed by atoms with van der Waals surface area (Å²) in [6.07, 6.45) is 0.0491. The Hall–Kier alpha value is -2.02. The zero-order valence-electron chi connectivity index (χ0n) is 14.1. The van der Waals surface area contributed by atoms with E-state index in [1.807, 2.05) is 45.0 Å². The molecule has 0 saturated heterocycles. The third-order valence-electron chi connectivity index (χ3n) is 3.23. The molecule has 1 heterocycles. The zero-order valence-corrected chi connectivity index (χ0v) is 14.9. The maximum atomic E-state index is 12.1. The number of carbonyl (C=O) groups is 3. The molecule has 1 aliphatic rings. The molecule has 7 heteroatoms. The maximum absolute atomic E-state index is 12.1. The predicted octanol–water partition coefficient (Wildman–Crippen LogP) is 1.97. The van der Waals surface area contributed by atoms with Crippen LogP contribution in [0.15, 0.2) is 29.2 Å². The fourth-order valence-corrected chi connectivity index (χ4v) is 3.21. The van der Waals surface area contributed by atoms with Crippen LogP contribution in [0.1, 0.15) is 27.2 Å². The molecule has 0 atom stereocenters. The molecule has 2 amide bonds. The number of rotatable bonds is 5. The first-order valence-corrected chi connectivity index (χ1v) is 8.74. The number of anilines is 1. The largest absolute Gasteiger partial charge is 0.456 e. The van der Waals surface area contributed by atoms with E-state index in [9.17, 15) is 14.4 Å². The van der Waals surface area contributed by atoms with Gasteiger partial charge in [0.15, 0.2) is 6.61 Å². The number of carbonyl (C=O) groups excluding carboxylic acids is 3. The second-order valence-electron chi connectivity index (χ2n) is 6.51. The number of hydrogen-bond donors (Lipinski definition) is 1. The maximum Gasteiger partial charge on any atom is 0.308 e. The van der Waals surface area contributed by atoms with Crippen molar-refractivity contribution in [3.63, 3.8) is 0 Å². The molecule has 0 unspecified atom stereocenters. The molecule has 0 aliphatic carbocycles. The van der Waals surface area contributed by atoms with Gasteiger partial charge in [0.05, 0.1) is 17.9 Å². The number of amides is 2. The number of hydrogen-bond acceptors (Lipinski definition) is 5. The van der Waals surface area contributed by atoms with Crippen LogP contribution in [-0.2, 0) is 19.1 Å². The van der Waals surface area contributed by atoms with E-state index in [0.29, 0.717) is 5.75 Å². The highest BCUT2D eigenvalue weighted by atomic mass is 32.2. The second-order valence-corrected chi connectivity index (χ2v) is 7.53. The van der Waals surface area contributed by atoms with E-state index in [1.54, 1.807) is 4.90 Å². The highest BCUT2D eigenvalue weighted by Gasteiger charge is 2.25. The molecule has 2 rings (SSSR count). The molecule has 0 bridgehead atoms. The number of esters is 1. The van der Waals surface area contributed by atoms with E-state index in [1.165, 1.54) is 11.8 Å². The van der Waals surface area contributed by atoms with E-state index in [0.717, 1.165) is 10.6 Å².